The number of rotatable bonds is 19. The molecule has 0 saturated heterocycles. The van der Waals surface area contributed by atoms with E-state index in [1.54, 1.807) is 0 Å². The molecular formula is C24H48O4. The van der Waals surface area contributed by atoms with E-state index in [2.05, 4.69) is 13.8 Å². The van der Waals surface area contributed by atoms with Crippen LogP contribution in [0.2, 0.25) is 0 Å². The molecule has 168 valence electrons. The van der Waals surface area contributed by atoms with Crippen LogP contribution in [0.4, 0.5) is 0 Å². The summed E-state index contributed by atoms with van der Waals surface area (Å²) in [6.07, 6.45) is 22.8. The molecule has 0 saturated carbocycles. The van der Waals surface area contributed by atoms with Crippen molar-refractivity contribution in [2.45, 2.75) is 136 Å². The largest absolute Gasteiger partial charge is 0.481 e. The Bertz CT molecular complexity index is 325. The maximum absolute atomic E-state index is 11.6. The number of esters is 1. The normalized spacial score (nSPS) is 10.2. The fourth-order valence-electron chi connectivity index (χ4n) is 3.07. The molecule has 0 aliphatic heterocycles. The molecule has 0 rings (SSSR count). The monoisotopic (exact) mass is 400 g/mol. The average Bonchev–Trinajstić information content (AvgIpc) is 2.65. The number of carbonyl (C=O) groups excluding carboxylic acids is 1. The maximum atomic E-state index is 11.6. The van der Waals surface area contributed by atoms with E-state index >= 15 is 0 Å². The van der Waals surface area contributed by atoms with E-state index in [0.717, 1.165) is 19.8 Å². The second-order valence-electron chi connectivity index (χ2n) is 7.79. The Labute approximate surface area is 174 Å². The van der Waals surface area contributed by atoms with E-state index in [1.165, 1.54) is 96.3 Å². The molecule has 0 aliphatic carbocycles. The van der Waals surface area contributed by atoms with Crippen molar-refractivity contribution in [3.05, 3.63) is 0 Å². The quantitative estimate of drug-likeness (QED) is 0.178. The van der Waals surface area contributed by atoms with E-state index in [4.69, 9.17) is 14.6 Å². The van der Waals surface area contributed by atoms with Gasteiger partial charge in [-0.2, -0.15) is 0 Å². The number of hydrogen-bond donors (Lipinski definition) is 1. The molecule has 0 radical (unpaired) electrons. The lowest BCUT2D eigenvalue weighted by atomic mass is 10.0. The van der Waals surface area contributed by atoms with Crippen LogP contribution in [0.3, 0.4) is 0 Å². The molecule has 0 amide bonds. The van der Waals surface area contributed by atoms with Crippen LogP contribution >= 0.6 is 0 Å². The summed E-state index contributed by atoms with van der Waals surface area (Å²) in [5.74, 6) is -0.824. The highest BCUT2D eigenvalue weighted by molar-refractivity contribution is 5.69. The van der Waals surface area contributed by atoms with Gasteiger partial charge in [0.1, 0.15) is 0 Å². The average molecular weight is 401 g/mol. The molecule has 0 atom stereocenters. The highest BCUT2D eigenvalue weighted by Crippen LogP contribution is 2.13. The topological polar surface area (TPSA) is 63.6 Å². The second-order valence-corrected chi connectivity index (χ2v) is 7.79. The van der Waals surface area contributed by atoms with Gasteiger partial charge in [0.15, 0.2) is 0 Å². The van der Waals surface area contributed by atoms with Crippen molar-refractivity contribution in [2.75, 3.05) is 6.61 Å². The Morgan fingerprint density at radius 3 is 1.32 bits per heavy atom. The zero-order valence-corrected chi connectivity index (χ0v) is 19.1. The lowest BCUT2D eigenvalue weighted by Crippen LogP contribution is -2.05. The summed E-state index contributed by atoms with van der Waals surface area (Å²) in [5, 5.41) is 7.42. The highest BCUT2D eigenvalue weighted by Gasteiger charge is 2.02. The van der Waals surface area contributed by atoms with E-state index < -0.39 is 5.97 Å². The van der Waals surface area contributed by atoms with Crippen molar-refractivity contribution in [2.24, 2.45) is 0 Å². The summed E-state index contributed by atoms with van der Waals surface area (Å²) in [7, 11) is 0. The fraction of sp³-hybridized carbons (Fsp3) is 0.917. The first-order chi connectivity index (χ1) is 13.5. The molecule has 0 aromatic carbocycles. The molecule has 28 heavy (non-hydrogen) atoms. The van der Waals surface area contributed by atoms with Crippen molar-refractivity contribution >= 4 is 11.9 Å². The fourth-order valence-corrected chi connectivity index (χ4v) is 3.07. The lowest BCUT2D eigenvalue weighted by Gasteiger charge is -2.05. The minimum absolute atomic E-state index is 0.00886. The van der Waals surface area contributed by atoms with Gasteiger partial charge in [0.25, 0.3) is 5.97 Å². The number of carbonyl (C=O) groups is 2. The van der Waals surface area contributed by atoms with Crippen molar-refractivity contribution < 1.29 is 19.4 Å². The molecule has 0 aromatic rings. The molecule has 0 aliphatic rings. The number of carboxylic acid groups (broad SMARTS) is 1. The van der Waals surface area contributed by atoms with Crippen LogP contribution in [0.25, 0.3) is 0 Å². The van der Waals surface area contributed by atoms with E-state index in [1.807, 2.05) is 0 Å². The molecule has 4 nitrogen and oxygen atoms in total. The van der Waals surface area contributed by atoms with Crippen LogP contribution in [0, 0.1) is 0 Å². The first-order valence-electron chi connectivity index (χ1n) is 11.9. The van der Waals surface area contributed by atoms with Gasteiger partial charge in [-0.25, -0.2) is 0 Å². The molecule has 0 bridgehead atoms. The second kappa shape index (κ2) is 25.9. The standard InChI is InChI=1S/C22H44O2.C2H4O2/c1-3-5-7-9-10-11-12-13-14-15-16-17-18-20-22(23)24-21-19-8-6-4-2;1-2(3)4/h3-21H2,1-2H3;1H3,(H,3,4). The number of aliphatic carboxylic acids is 1. The van der Waals surface area contributed by atoms with Crippen LogP contribution in [0.15, 0.2) is 0 Å². The Morgan fingerprint density at radius 1 is 0.607 bits per heavy atom. The van der Waals surface area contributed by atoms with Gasteiger partial charge < -0.3 is 9.84 Å². The zero-order chi connectivity index (χ0) is 21.3. The minimum atomic E-state index is -0.833. The predicted octanol–water partition coefficient (Wildman–Crippen LogP) is 7.68. The third-order valence-corrected chi connectivity index (χ3v) is 4.75. The van der Waals surface area contributed by atoms with Crippen molar-refractivity contribution in [1.82, 2.24) is 0 Å². The van der Waals surface area contributed by atoms with Gasteiger partial charge in [0.05, 0.1) is 6.61 Å². The summed E-state index contributed by atoms with van der Waals surface area (Å²) in [6, 6.07) is 0. The number of unbranched alkanes of at least 4 members (excludes halogenated alkanes) is 15. The molecule has 0 unspecified atom stereocenters. The third-order valence-electron chi connectivity index (χ3n) is 4.75. The molecule has 0 heterocycles. The van der Waals surface area contributed by atoms with Gasteiger partial charge in [0, 0.05) is 13.3 Å². The molecule has 4 heteroatoms. The third kappa shape index (κ3) is 32.6. The van der Waals surface area contributed by atoms with Gasteiger partial charge in [-0.1, -0.05) is 110 Å². The molecular weight excluding hydrogens is 352 g/mol. The predicted molar refractivity (Wildman–Crippen MR) is 119 cm³/mol. The van der Waals surface area contributed by atoms with Crippen LogP contribution < -0.4 is 0 Å². The molecule has 0 fully saturated rings. The first-order valence-corrected chi connectivity index (χ1v) is 11.9. The number of ether oxygens (including phenoxy) is 1. The Balaban J connectivity index is 0. The number of carboxylic acids is 1. The van der Waals surface area contributed by atoms with Crippen molar-refractivity contribution in [3.8, 4) is 0 Å². The van der Waals surface area contributed by atoms with Gasteiger partial charge in [-0.05, 0) is 12.8 Å². The Kier molecular flexibility index (Phi) is 27.0. The van der Waals surface area contributed by atoms with Crippen molar-refractivity contribution in [1.29, 1.82) is 0 Å². The van der Waals surface area contributed by atoms with Gasteiger partial charge in [-0.15, -0.1) is 0 Å². The van der Waals surface area contributed by atoms with Crippen LogP contribution in [0.5, 0.6) is 0 Å². The first kappa shape index (κ1) is 29.1. The smallest absolute Gasteiger partial charge is 0.305 e. The summed E-state index contributed by atoms with van der Waals surface area (Å²) >= 11 is 0. The Morgan fingerprint density at radius 2 is 0.929 bits per heavy atom. The Hall–Kier alpha value is -1.06. The molecule has 1 N–H and O–H groups in total. The summed E-state index contributed by atoms with van der Waals surface area (Å²) in [4.78, 5) is 20.6. The van der Waals surface area contributed by atoms with Gasteiger partial charge >= 0.3 is 5.97 Å². The zero-order valence-electron chi connectivity index (χ0n) is 19.1. The van der Waals surface area contributed by atoms with Crippen LogP contribution in [0.1, 0.15) is 136 Å². The van der Waals surface area contributed by atoms with Crippen LogP contribution in [-0.2, 0) is 14.3 Å². The van der Waals surface area contributed by atoms with E-state index in [0.29, 0.717) is 13.0 Å². The van der Waals surface area contributed by atoms with Gasteiger partial charge in [0.2, 0.25) is 0 Å². The van der Waals surface area contributed by atoms with Crippen LogP contribution in [-0.4, -0.2) is 23.7 Å². The number of hydrogen-bond acceptors (Lipinski definition) is 3. The van der Waals surface area contributed by atoms with E-state index in [9.17, 15) is 4.79 Å². The summed E-state index contributed by atoms with van der Waals surface area (Å²) < 4.78 is 5.26. The van der Waals surface area contributed by atoms with Gasteiger partial charge in [-0.3, -0.25) is 9.59 Å². The lowest BCUT2D eigenvalue weighted by molar-refractivity contribution is -0.144. The van der Waals surface area contributed by atoms with Crippen molar-refractivity contribution in [3.63, 3.8) is 0 Å². The summed E-state index contributed by atoms with van der Waals surface area (Å²) in [6.45, 7) is 6.18. The molecule has 0 spiro atoms. The maximum Gasteiger partial charge on any atom is 0.305 e. The van der Waals surface area contributed by atoms with E-state index in [-0.39, 0.29) is 5.97 Å². The highest BCUT2D eigenvalue weighted by atomic mass is 16.5. The summed E-state index contributed by atoms with van der Waals surface area (Å²) in [5.41, 5.74) is 0. The molecule has 0 aromatic heterocycles. The minimum Gasteiger partial charge on any atom is -0.481 e. The SMILES string of the molecule is CC(=O)O.CCCCCCCCCCCCCCCC(=O)OCCCCCC.